The third-order valence-corrected chi connectivity index (χ3v) is 2.62. The molecule has 2 aromatic rings. The number of carbonyl (C=O) groups excluding carboxylic acids is 1. The van der Waals surface area contributed by atoms with E-state index in [1.807, 2.05) is 0 Å². The lowest BCUT2D eigenvalue weighted by atomic mass is 10.1. The second-order valence-corrected chi connectivity index (χ2v) is 4.11. The summed E-state index contributed by atoms with van der Waals surface area (Å²) >= 11 is 6.08. The maximum Gasteiger partial charge on any atom is 0.221 e. The molecule has 1 amide bonds. The van der Waals surface area contributed by atoms with Crippen LogP contribution in [0, 0.1) is 0 Å². The molecule has 0 unspecified atom stereocenters. The van der Waals surface area contributed by atoms with E-state index in [1.54, 1.807) is 6.07 Å². The summed E-state index contributed by atoms with van der Waals surface area (Å²) in [5.74, 6) is -0.114. The first kappa shape index (κ1) is 12.3. The number of benzene rings is 1. The van der Waals surface area contributed by atoms with E-state index in [2.05, 4.69) is 15.5 Å². The zero-order chi connectivity index (χ0) is 13.3. The quantitative estimate of drug-likeness (QED) is 0.624. The second kappa shape index (κ2) is 4.58. The Morgan fingerprint density at radius 2 is 2.28 bits per heavy atom. The minimum Gasteiger partial charge on any atom is -0.506 e. The average Bonchev–Trinajstić information content (AvgIpc) is 2.70. The van der Waals surface area contributed by atoms with Crippen molar-refractivity contribution in [2.75, 3.05) is 11.1 Å². The predicted molar refractivity (Wildman–Crippen MR) is 69.4 cm³/mol. The Labute approximate surface area is 108 Å². The molecular weight excluding hydrogens is 256 g/mol. The molecule has 2 rings (SSSR count). The van der Waals surface area contributed by atoms with Crippen LogP contribution in [0.25, 0.3) is 11.3 Å². The van der Waals surface area contributed by atoms with Crippen molar-refractivity contribution >= 4 is 29.0 Å². The number of nitrogens with one attached hydrogen (secondary N) is 2. The highest BCUT2D eigenvalue weighted by molar-refractivity contribution is 6.34. The van der Waals surface area contributed by atoms with Gasteiger partial charge in [0.25, 0.3) is 0 Å². The van der Waals surface area contributed by atoms with Crippen molar-refractivity contribution in [3.63, 3.8) is 0 Å². The fourth-order valence-electron chi connectivity index (χ4n) is 1.60. The van der Waals surface area contributed by atoms with Gasteiger partial charge in [-0.2, -0.15) is 5.10 Å². The molecule has 0 radical (unpaired) electrons. The van der Waals surface area contributed by atoms with Gasteiger partial charge in [-0.05, 0) is 12.1 Å². The van der Waals surface area contributed by atoms with Gasteiger partial charge in [-0.25, -0.2) is 0 Å². The Kier molecular flexibility index (Phi) is 3.12. The highest BCUT2D eigenvalue weighted by atomic mass is 35.5. The summed E-state index contributed by atoms with van der Waals surface area (Å²) in [6.45, 7) is 1.34. The zero-order valence-corrected chi connectivity index (χ0v) is 10.2. The topological polar surface area (TPSA) is 104 Å². The smallest absolute Gasteiger partial charge is 0.221 e. The number of nitrogen functional groups attached to an aromatic ring is 1. The van der Waals surface area contributed by atoms with Gasteiger partial charge in [0.05, 0.1) is 16.4 Å². The number of aromatic amines is 1. The number of rotatable bonds is 2. The Hall–Kier alpha value is -2.21. The molecule has 1 heterocycles. The van der Waals surface area contributed by atoms with Gasteiger partial charge in [-0.3, -0.25) is 9.89 Å². The number of hydrogen-bond donors (Lipinski definition) is 4. The van der Waals surface area contributed by atoms with Crippen LogP contribution >= 0.6 is 11.6 Å². The molecule has 1 aromatic heterocycles. The van der Waals surface area contributed by atoms with Gasteiger partial charge in [0.15, 0.2) is 0 Å². The molecule has 0 aliphatic heterocycles. The molecule has 7 heteroatoms. The monoisotopic (exact) mass is 266 g/mol. The van der Waals surface area contributed by atoms with Crippen LogP contribution in [-0.4, -0.2) is 21.2 Å². The van der Waals surface area contributed by atoms with Crippen molar-refractivity contribution in [3.05, 3.63) is 23.2 Å². The van der Waals surface area contributed by atoms with Crippen LogP contribution in [0.15, 0.2) is 18.2 Å². The SMILES string of the molecule is CC(=O)Nc1c(O)ccc(Cl)c1-c1cc(N)n[nH]1. The lowest BCUT2D eigenvalue weighted by Crippen LogP contribution is -2.07. The van der Waals surface area contributed by atoms with Gasteiger partial charge in [-0.15, -0.1) is 0 Å². The number of phenols is 1. The van der Waals surface area contributed by atoms with E-state index in [0.29, 0.717) is 16.3 Å². The number of nitrogens with zero attached hydrogens (tertiary/aromatic N) is 1. The largest absolute Gasteiger partial charge is 0.506 e. The lowest BCUT2D eigenvalue weighted by molar-refractivity contribution is -0.114. The third kappa shape index (κ3) is 2.23. The van der Waals surface area contributed by atoms with E-state index in [9.17, 15) is 9.90 Å². The molecule has 0 aliphatic carbocycles. The standard InChI is InChI=1S/C11H11ClN4O2/c1-5(17)14-11-8(18)3-2-6(12)10(11)7-4-9(13)16-15-7/h2-4,18H,1H3,(H,14,17)(H3,13,15,16). The maximum atomic E-state index is 11.1. The first-order valence-electron chi connectivity index (χ1n) is 5.09. The Balaban J connectivity index is 2.63. The summed E-state index contributed by atoms with van der Waals surface area (Å²) in [5, 5.41) is 19.1. The molecule has 5 N–H and O–H groups in total. The number of phenolic OH excluding ortho intramolecular Hbond substituents is 1. The number of aromatic hydroxyl groups is 1. The van der Waals surface area contributed by atoms with Gasteiger partial charge in [0.2, 0.25) is 5.91 Å². The number of nitrogens with two attached hydrogens (primary N) is 1. The van der Waals surface area contributed by atoms with Crippen molar-refractivity contribution < 1.29 is 9.90 Å². The summed E-state index contributed by atoms with van der Waals surface area (Å²) in [4.78, 5) is 11.1. The second-order valence-electron chi connectivity index (χ2n) is 3.70. The summed E-state index contributed by atoms with van der Waals surface area (Å²) in [7, 11) is 0. The number of anilines is 2. The number of carbonyl (C=O) groups is 1. The van der Waals surface area contributed by atoms with Crippen LogP contribution in [0.4, 0.5) is 11.5 Å². The minimum atomic E-state index is -0.318. The fourth-order valence-corrected chi connectivity index (χ4v) is 1.86. The number of H-pyrrole nitrogens is 1. The molecule has 0 fully saturated rings. The van der Waals surface area contributed by atoms with Crippen molar-refractivity contribution in [2.24, 2.45) is 0 Å². The number of hydrogen-bond acceptors (Lipinski definition) is 4. The number of amides is 1. The molecule has 0 saturated heterocycles. The van der Waals surface area contributed by atoms with E-state index < -0.39 is 0 Å². The predicted octanol–water partition coefficient (Wildman–Crippen LogP) is 1.98. The van der Waals surface area contributed by atoms with E-state index in [0.717, 1.165) is 0 Å². The molecule has 94 valence electrons. The van der Waals surface area contributed by atoms with E-state index in [-0.39, 0.29) is 23.2 Å². The van der Waals surface area contributed by atoms with Crippen molar-refractivity contribution in [1.82, 2.24) is 10.2 Å². The van der Waals surface area contributed by atoms with E-state index in [4.69, 9.17) is 17.3 Å². The number of halogens is 1. The molecule has 0 saturated carbocycles. The van der Waals surface area contributed by atoms with Crippen molar-refractivity contribution in [1.29, 1.82) is 0 Å². The maximum absolute atomic E-state index is 11.1. The highest BCUT2D eigenvalue weighted by Gasteiger charge is 2.16. The molecule has 6 nitrogen and oxygen atoms in total. The Bertz CT molecular complexity index is 609. The number of aromatic nitrogens is 2. The minimum absolute atomic E-state index is 0.0854. The summed E-state index contributed by atoms with van der Waals surface area (Å²) in [6, 6.07) is 4.48. The molecular formula is C11H11ClN4O2. The van der Waals surface area contributed by atoms with Gasteiger partial charge in [0.1, 0.15) is 11.6 Å². The van der Waals surface area contributed by atoms with Crippen LogP contribution in [0.3, 0.4) is 0 Å². The molecule has 0 aliphatic rings. The molecule has 0 atom stereocenters. The van der Waals surface area contributed by atoms with Crippen LogP contribution < -0.4 is 11.1 Å². The fraction of sp³-hybridized carbons (Fsp3) is 0.0909. The first-order valence-corrected chi connectivity index (χ1v) is 5.47. The average molecular weight is 267 g/mol. The molecule has 0 bridgehead atoms. The van der Waals surface area contributed by atoms with Crippen LogP contribution in [0.1, 0.15) is 6.92 Å². The van der Waals surface area contributed by atoms with Crippen molar-refractivity contribution in [2.45, 2.75) is 6.92 Å². The Morgan fingerprint density at radius 1 is 1.56 bits per heavy atom. The zero-order valence-electron chi connectivity index (χ0n) is 9.49. The lowest BCUT2D eigenvalue weighted by Gasteiger charge is -2.12. The van der Waals surface area contributed by atoms with Gasteiger partial charge in [0, 0.05) is 18.6 Å². The third-order valence-electron chi connectivity index (χ3n) is 2.30. The first-order chi connectivity index (χ1) is 8.49. The van der Waals surface area contributed by atoms with Gasteiger partial charge < -0.3 is 16.2 Å². The van der Waals surface area contributed by atoms with E-state index in [1.165, 1.54) is 19.1 Å². The van der Waals surface area contributed by atoms with Gasteiger partial charge >= 0.3 is 0 Å². The summed E-state index contributed by atoms with van der Waals surface area (Å²) < 4.78 is 0. The molecule has 0 spiro atoms. The highest BCUT2D eigenvalue weighted by Crippen LogP contribution is 2.40. The molecule has 1 aromatic carbocycles. The van der Waals surface area contributed by atoms with Crippen LogP contribution in [0.2, 0.25) is 5.02 Å². The normalized spacial score (nSPS) is 10.3. The summed E-state index contributed by atoms with van der Waals surface area (Å²) in [5.41, 5.74) is 6.69. The summed E-state index contributed by atoms with van der Waals surface area (Å²) in [6.07, 6.45) is 0. The Morgan fingerprint density at radius 3 is 2.83 bits per heavy atom. The van der Waals surface area contributed by atoms with Crippen molar-refractivity contribution in [3.8, 4) is 17.0 Å². The van der Waals surface area contributed by atoms with E-state index >= 15 is 0 Å². The molecule has 18 heavy (non-hydrogen) atoms. The van der Waals surface area contributed by atoms with Gasteiger partial charge in [-0.1, -0.05) is 11.6 Å². The van der Waals surface area contributed by atoms with Crippen LogP contribution in [-0.2, 0) is 4.79 Å². The van der Waals surface area contributed by atoms with Crippen LogP contribution in [0.5, 0.6) is 5.75 Å².